The second kappa shape index (κ2) is 5.45. The molecule has 2 aromatic rings. The van der Waals surface area contributed by atoms with Crippen molar-refractivity contribution < 1.29 is 9.18 Å². The molecule has 2 nitrogen and oxygen atoms in total. The van der Waals surface area contributed by atoms with Crippen LogP contribution in [0.1, 0.15) is 31.1 Å². The summed E-state index contributed by atoms with van der Waals surface area (Å²) < 4.78 is 14.5. The number of amides is 1. The molecule has 0 atom stereocenters. The van der Waals surface area contributed by atoms with Gasteiger partial charge in [0.05, 0.1) is 5.56 Å². The van der Waals surface area contributed by atoms with Crippen LogP contribution in [0, 0.1) is 5.82 Å². The lowest BCUT2D eigenvalue weighted by Crippen LogP contribution is -2.40. The lowest BCUT2D eigenvalue weighted by atomic mass is 10.0. The van der Waals surface area contributed by atoms with Crippen molar-refractivity contribution >= 4 is 5.91 Å². The van der Waals surface area contributed by atoms with Crippen molar-refractivity contribution in [3.63, 3.8) is 0 Å². The molecule has 1 amide bonds. The molecule has 3 heteroatoms. The van der Waals surface area contributed by atoms with Crippen molar-refractivity contribution in [1.29, 1.82) is 0 Å². The Kier molecular flexibility index (Phi) is 3.89. The molecular formula is C17H18FNO. The van der Waals surface area contributed by atoms with Gasteiger partial charge in [0.2, 0.25) is 0 Å². The molecule has 20 heavy (non-hydrogen) atoms. The van der Waals surface area contributed by atoms with E-state index < -0.39 is 17.3 Å². The molecule has 0 aliphatic rings. The minimum absolute atomic E-state index is 0.0706. The van der Waals surface area contributed by atoms with Crippen molar-refractivity contribution in [1.82, 2.24) is 5.32 Å². The summed E-state index contributed by atoms with van der Waals surface area (Å²) in [6, 6.07) is 14.1. The lowest BCUT2D eigenvalue weighted by molar-refractivity contribution is 0.0915. The number of benzene rings is 2. The highest BCUT2D eigenvalue weighted by Gasteiger charge is 2.20. The molecule has 0 aliphatic carbocycles. The summed E-state index contributed by atoms with van der Waals surface area (Å²) in [6.07, 6.45) is 0. The van der Waals surface area contributed by atoms with Gasteiger partial charge in [0.1, 0.15) is 5.82 Å². The maximum atomic E-state index is 14.5. The smallest absolute Gasteiger partial charge is 0.254 e. The Labute approximate surface area is 118 Å². The van der Waals surface area contributed by atoms with Gasteiger partial charge in [0, 0.05) is 11.1 Å². The standard InChI is InChI=1S/C17H18FNO/c1-17(2,3)19-16(20)14-11-7-10-13(15(14)18)12-8-5-4-6-9-12/h4-11H,1-3H3,(H,19,20). The molecule has 0 aliphatic heterocycles. The van der Waals surface area contributed by atoms with Crippen LogP contribution in [0.5, 0.6) is 0 Å². The third-order valence-corrected chi connectivity index (χ3v) is 2.82. The summed E-state index contributed by atoms with van der Waals surface area (Å²) in [5.74, 6) is -0.881. The number of hydrogen-bond acceptors (Lipinski definition) is 1. The Bertz CT molecular complexity index is 615. The fourth-order valence-electron chi connectivity index (χ4n) is 1.96. The van der Waals surface area contributed by atoms with Crippen LogP contribution >= 0.6 is 0 Å². The monoisotopic (exact) mass is 271 g/mol. The van der Waals surface area contributed by atoms with Gasteiger partial charge in [0.15, 0.2) is 0 Å². The first-order valence-corrected chi connectivity index (χ1v) is 6.55. The number of carbonyl (C=O) groups is 1. The van der Waals surface area contributed by atoms with E-state index in [4.69, 9.17) is 0 Å². The first-order chi connectivity index (χ1) is 9.38. The Morgan fingerprint density at radius 3 is 2.25 bits per heavy atom. The summed E-state index contributed by atoms with van der Waals surface area (Å²) in [5, 5.41) is 2.78. The highest BCUT2D eigenvalue weighted by atomic mass is 19.1. The predicted octanol–water partition coefficient (Wildman–Crippen LogP) is 4.02. The molecule has 2 aromatic carbocycles. The number of halogens is 1. The first kappa shape index (κ1) is 14.3. The largest absolute Gasteiger partial charge is 0.347 e. The van der Waals surface area contributed by atoms with E-state index in [-0.39, 0.29) is 5.56 Å². The maximum absolute atomic E-state index is 14.5. The molecular weight excluding hydrogens is 253 g/mol. The first-order valence-electron chi connectivity index (χ1n) is 6.55. The molecule has 0 fully saturated rings. The van der Waals surface area contributed by atoms with Crippen molar-refractivity contribution in [3.05, 3.63) is 59.9 Å². The molecule has 0 aromatic heterocycles. The summed E-state index contributed by atoms with van der Waals surface area (Å²) in [4.78, 5) is 12.1. The van der Waals surface area contributed by atoms with Crippen molar-refractivity contribution in [3.8, 4) is 11.1 Å². The zero-order valence-electron chi connectivity index (χ0n) is 11.9. The molecule has 0 saturated carbocycles. The van der Waals surface area contributed by atoms with Gasteiger partial charge < -0.3 is 5.32 Å². The summed E-state index contributed by atoms with van der Waals surface area (Å²) in [7, 11) is 0. The van der Waals surface area contributed by atoms with E-state index in [0.29, 0.717) is 5.56 Å². The van der Waals surface area contributed by atoms with E-state index in [1.165, 1.54) is 6.07 Å². The average molecular weight is 271 g/mol. The fraction of sp³-hybridized carbons (Fsp3) is 0.235. The third-order valence-electron chi connectivity index (χ3n) is 2.82. The van der Waals surface area contributed by atoms with Crippen LogP contribution in [0.4, 0.5) is 4.39 Å². The van der Waals surface area contributed by atoms with Crippen LogP contribution < -0.4 is 5.32 Å². The topological polar surface area (TPSA) is 29.1 Å². The summed E-state index contributed by atoms with van der Waals surface area (Å²) in [6.45, 7) is 5.59. The third kappa shape index (κ3) is 3.23. The molecule has 0 heterocycles. The van der Waals surface area contributed by atoms with Crippen LogP contribution in [0.25, 0.3) is 11.1 Å². The lowest BCUT2D eigenvalue weighted by Gasteiger charge is -2.21. The van der Waals surface area contributed by atoms with Crippen LogP contribution in [-0.2, 0) is 0 Å². The van der Waals surface area contributed by atoms with Gasteiger partial charge in [-0.2, -0.15) is 0 Å². The van der Waals surface area contributed by atoms with E-state index in [1.807, 2.05) is 51.1 Å². The number of hydrogen-bond donors (Lipinski definition) is 1. The van der Waals surface area contributed by atoms with E-state index in [9.17, 15) is 9.18 Å². The Hall–Kier alpha value is -2.16. The van der Waals surface area contributed by atoms with E-state index >= 15 is 0 Å². The molecule has 0 unspecified atom stereocenters. The SMILES string of the molecule is CC(C)(C)NC(=O)c1cccc(-c2ccccc2)c1F. The number of nitrogens with one attached hydrogen (secondary N) is 1. The zero-order valence-corrected chi connectivity index (χ0v) is 11.9. The van der Waals surface area contributed by atoms with E-state index in [0.717, 1.165) is 5.56 Å². The van der Waals surface area contributed by atoms with Gasteiger partial charge >= 0.3 is 0 Å². The zero-order chi connectivity index (χ0) is 14.8. The van der Waals surface area contributed by atoms with E-state index in [1.54, 1.807) is 12.1 Å². The highest BCUT2D eigenvalue weighted by molar-refractivity contribution is 5.96. The molecule has 2 rings (SSSR count). The summed E-state index contributed by atoms with van der Waals surface area (Å²) in [5.41, 5.74) is 0.871. The molecule has 1 N–H and O–H groups in total. The number of carbonyl (C=O) groups excluding carboxylic acids is 1. The second-order valence-electron chi connectivity index (χ2n) is 5.74. The summed E-state index contributed by atoms with van der Waals surface area (Å²) >= 11 is 0. The fourth-order valence-corrected chi connectivity index (χ4v) is 1.96. The molecule has 0 saturated heterocycles. The molecule has 0 spiro atoms. The Balaban J connectivity index is 2.41. The average Bonchev–Trinajstić information content (AvgIpc) is 2.38. The van der Waals surface area contributed by atoms with Crippen LogP contribution in [-0.4, -0.2) is 11.4 Å². The van der Waals surface area contributed by atoms with Gasteiger partial charge in [-0.15, -0.1) is 0 Å². The molecule has 104 valence electrons. The minimum atomic E-state index is -0.486. The van der Waals surface area contributed by atoms with Gasteiger partial charge in [-0.3, -0.25) is 4.79 Å². The van der Waals surface area contributed by atoms with Crippen LogP contribution in [0.2, 0.25) is 0 Å². The predicted molar refractivity (Wildman–Crippen MR) is 79.1 cm³/mol. The van der Waals surface area contributed by atoms with Gasteiger partial charge in [0.25, 0.3) is 5.91 Å². The number of rotatable bonds is 2. The maximum Gasteiger partial charge on any atom is 0.254 e. The molecule has 0 bridgehead atoms. The Morgan fingerprint density at radius 1 is 1.00 bits per heavy atom. The van der Waals surface area contributed by atoms with Gasteiger partial charge in [-0.1, -0.05) is 42.5 Å². The van der Waals surface area contributed by atoms with Crippen LogP contribution in [0.3, 0.4) is 0 Å². The van der Waals surface area contributed by atoms with Crippen LogP contribution in [0.15, 0.2) is 48.5 Å². The normalized spacial score (nSPS) is 11.2. The van der Waals surface area contributed by atoms with Crippen molar-refractivity contribution in [2.45, 2.75) is 26.3 Å². The quantitative estimate of drug-likeness (QED) is 0.878. The Morgan fingerprint density at radius 2 is 1.65 bits per heavy atom. The second-order valence-corrected chi connectivity index (χ2v) is 5.74. The van der Waals surface area contributed by atoms with Gasteiger partial charge in [-0.05, 0) is 32.4 Å². The van der Waals surface area contributed by atoms with E-state index in [2.05, 4.69) is 5.32 Å². The van der Waals surface area contributed by atoms with Crippen molar-refractivity contribution in [2.75, 3.05) is 0 Å². The molecule has 0 radical (unpaired) electrons. The van der Waals surface area contributed by atoms with Gasteiger partial charge in [-0.25, -0.2) is 4.39 Å². The van der Waals surface area contributed by atoms with Crippen molar-refractivity contribution in [2.24, 2.45) is 0 Å². The minimum Gasteiger partial charge on any atom is -0.347 e. The highest BCUT2D eigenvalue weighted by Crippen LogP contribution is 2.25.